The molecule has 0 saturated heterocycles. The van der Waals surface area contributed by atoms with Crippen LogP contribution in [0.2, 0.25) is 0 Å². The van der Waals surface area contributed by atoms with Gasteiger partial charge in [-0.05, 0) is 6.08 Å². The molecule has 4 heteroatoms. The van der Waals surface area contributed by atoms with E-state index < -0.39 is 17.5 Å². The minimum absolute atomic E-state index is 0.316. The molecule has 0 saturated carbocycles. The van der Waals surface area contributed by atoms with E-state index in [0.29, 0.717) is 12.1 Å². The average molecular weight is 188 g/mol. The van der Waals surface area contributed by atoms with Crippen molar-refractivity contribution in [3.63, 3.8) is 0 Å². The van der Waals surface area contributed by atoms with Gasteiger partial charge in [0.25, 0.3) is 0 Å². The van der Waals surface area contributed by atoms with Gasteiger partial charge in [-0.2, -0.15) is 0 Å². The summed E-state index contributed by atoms with van der Waals surface area (Å²) in [5.41, 5.74) is -0.316. The Morgan fingerprint density at radius 1 is 1.15 bits per heavy atom. The molecule has 1 aromatic carbocycles. The van der Waals surface area contributed by atoms with Crippen LogP contribution in [-0.4, -0.2) is 7.11 Å². The normalized spacial score (nSPS) is 10.8. The van der Waals surface area contributed by atoms with Crippen molar-refractivity contribution in [2.45, 2.75) is 0 Å². The predicted octanol–water partition coefficient (Wildman–Crippen LogP) is 2.72. The molecule has 0 bridgehead atoms. The highest BCUT2D eigenvalue weighted by Crippen LogP contribution is 2.15. The third kappa shape index (κ3) is 2.24. The van der Waals surface area contributed by atoms with Gasteiger partial charge >= 0.3 is 0 Å². The maximum Gasteiger partial charge on any atom is 0.136 e. The Morgan fingerprint density at radius 2 is 1.69 bits per heavy atom. The van der Waals surface area contributed by atoms with Gasteiger partial charge in [0.15, 0.2) is 0 Å². The van der Waals surface area contributed by atoms with Crippen molar-refractivity contribution in [2.24, 2.45) is 0 Å². The Labute approximate surface area is 73.4 Å². The zero-order valence-electron chi connectivity index (χ0n) is 6.85. The molecular formula is C9H7F3O. The SMILES string of the molecule is COC=Cc1c(F)cc(F)cc1F. The molecule has 0 atom stereocenters. The number of ether oxygens (including phenoxy) is 1. The smallest absolute Gasteiger partial charge is 0.136 e. The fraction of sp³-hybridized carbons (Fsp3) is 0.111. The Hall–Kier alpha value is -1.45. The summed E-state index contributed by atoms with van der Waals surface area (Å²) in [6, 6.07) is 1.22. The fourth-order valence-corrected chi connectivity index (χ4v) is 0.849. The number of methoxy groups -OCH3 is 1. The molecule has 1 aromatic rings. The molecule has 0 radical (unpaired) electrons. The first-order chi connectivity index (χ1) is 6.15. The highest BCUT2D eigenvalue weighted by molar-refractivity contribution is 5.49. The summed E-state index contributed by atoms with van der Waals surface area (Å²) in [7, 11) is 1.34. The molecule has 1 nitrogen and oxygen atoms in total. The van der Waals surface area contributed by atoms with E-state index in [4.69, 9.17) is 0 Å². The molecular weight excluding hydrogens is 181 g/mol. The average Bonchev–Trinajstić information content (AvgIpc) is 2.02. The van der Waals surface area contributed by atoms with Crippen LogP contribution in [0.15, 0.2) is 18.4 Å². The van der Waals surface area contributed by atoms with Crippen LogP contribution in [0.4, 0.5) is 13.2 Å². The maximum atomic E-state index is 12.8. The lowest BCUT2D eigenvalue weighted by Crippen LogP contribution is -1.90. The summed E-state index contributed by atoms with van der Waals surface area (Å²) < 4.78 is 42.6. The second kappa shape index (κ2) is 3.98. The van der Waals surface area contributed by atoms with E-state index in [1.807, 2.05) is 0 Å². The van der Waals surface area contributed by atoms with Crippen LogP contribution in [0, 0.1) is 17.5 Å². The van der Waals surface area contributed by atoms with Gasteiger partial charge < -0.3 is 4.74 Å². The van der Waals surface area contributed by atoms with E-state index in [1.165, 1.54) is 7.11 Å². The van der Waals surface area contributed by atoms with Crippen LogP contribution in [0.5, 0.6) is 0 Å². The Bertz CT molecular complexity index is 311. The Morgan fingerprint density at radius 3 is 2.15 bits per heavy atom. The molecule has 0 aromatic heterocycles. The minimum Gasteiger partial charge on any atom is -0.504 e. The van der Waals surface area contributed by atoms with Crippen molar-refractivity contribution in [1.29, 1.82) is 0 Å². The third-order valence-corrected chi connectivity index (χ3v) is 1.41. The van der Waals surface area contributed by atoms with Gasteiger partial charge in [-0.25, -0.2) is 13.2 Å². The van der Waals surface area contributed by atoms with E-state index in [9.17, 15) is 13.2 Å². The number of rotatable bonds is 2. The van der Waals surface area contributed by atoms with Gasteiger partial charge in [-0.3, -0.25) is 0 Å². The molecule has 0 aliphatic rings. The molecule has 0 unspecified atom stereocenters. The lowest BCUT2D eigenvalue weighted by atomic mass is 10.2. The fourth-order valence-electron chi connectivity index (χ4n) is 0.849. The number of benzene rings is 1. The summed E-state index contributed by atoms with van der Waals surface area (Å²) in [6.45, 7) is 0. The third-order valence-electron chi connectivity index (χ3n) is 1.41. The quantitative estimate of drug-likeness (QED) is 0.648. The molecule has 0 aliphatic carbocycles. The first kappa shape index (κ1) is 9.64. The van der Waals surface area contributed by atoms with Gasteiger partial charge in [0.05, 0.1) is 13.4 Å². The van der Waals surface area contributed by atoms with Crippen molar-refractivity contribution < 1.29 is 17.9 Å². The molecule has 0 heterocycles. The number of hydrogen-bond acceptors (Lipinski definition) is 1. The molecule has 0 fully saturated rings. The summed E-state index contributed by atoms with van der Waals surface area (Å²) in [5.74, 6) is -2.85. The largest absolute Gasteiger partial charge is 0.504 e. The van der Waals surface area contributed by atoms with E-state index in [-0.39, 0.29) is 5.56 Å². The van der Waals surface area contributed by atoms with Crippen LogP contribution in [0.25, 0.3) is 6.08 Å². The summed E-state index contributed by atoms with van der Waals surface area (Å²) in [4.78, 5) is 0. The van der Waals surface area contributed by atoms with Crippen molar-refractivity contribution in [2.75, 3.05) is 7.11 Å². The molecule has 0 amide bonds. The standard InChI is InChI=1S/C9H7F3O/c1-13-3-2-7-8(11)4-6(10)5-9(7)12/h2-5H,1H3. The van der Waals surface area contributed by atoms with Crippen molar-refractivity contribution in [3.8, 4) is 0 Å². The zero-order chi connectivity index (χ0) is 9.84. The van der Waals surface area contributed by atoms with Gasteiger partial charge in [0.1, 0.15) is 17.5 Å². The Balaban J connectivity index is 3.13. The first-order valence-corrected chi connectivity index (χ1v) is 3.49. The highest BCUT2D eigenvalue weighted by Gasteiger charge is 2.07. The van der Waals surface area contributed by atoms with Crippen molar-refractivity contribution >= 4 is 6.08 Å². The van der Waals surface area contributed by atoms with Crippen LogP contribution >= 0.6 is 0 Å². The Kier molecular flexibility index (Phi) is 2.95. The predicted molar refractivity (Wildman–Crippen MR) is 42.4 cm³/mol. The van der Waals surface area contributed by atoms with Gasteiger partial charge in [-0.1, -0.05) is 0 Å². The van der Waals surface area contributed by atoms with Crippen LogP contribution in [0.1, 0.15) is 5.56 Å². The second-order valence-electron chi connectivity index (χ2n) is 2.32. The van der Waals surface area contributed by atoms with E-state index in [0.717, 1.165) is 12.3 Å². The van der Waals surface area contributed by atoms with E-state index in [2.05, 4.69) is 4.74 Å². The molecule has 70 valence electrons. The second-order valence-corrected chi connectivity index (χ2v) is 2.32. The lowest BCUT2D eigenvalue weighted by molar-refractivity contribution is 0.341. The minimum atomic E-state index is -0.953. The van der Waals surface area contributed by atoms with Crippen LogP contribution < -0.4 is 0 Å². The number of hydrogen-bond donors (Lipinski definition) is 0. The first-order valence-electron chi connectivity index (χ1n) is 3.49. The maximum absolute atomic E-state index is 12.8. The summed E-state index contributed by atoms with van der Waals surface area (Å²) in [5, 5.41) is 0. The molecule has 0 spiro atoms. The summed E-state index contributed by atoms with van der Waals surface area (Å²) >= 11 is 0. The molecule has 13 heavy (non-hydrogen) atoms. The molecule has 1 rings (SSSR count). The van der Waals surface area contributed by atoms with E-state index >= 15 is 0 Å². The number of halogens is 3. The monoisotopic (exact) mass is 188 g/mol. The van der Waals surface area contributed by atoms with Gasteiger partial charge in [-0.15, -0.1) is 0 Å². The molecule has 0 aliphatic heterocycles. The van der Waals surface area contributed by atoms with Gasteiger partial charge in [0, 0.05) is 17.7 Å². The van der Waals surface area contributed by atoms with Crippen LogP contribution in [0.3, 0.4) is 0 Å². The summed E-state index contributed by atoms with van der Waals surface area (Å²) in [6.07, 6.45) is 2.20. The van der Waals surface area contributed by atoms with Gasteiger partial charge in [0.2, 0.25) is 0 Å². The highest BCUT2D eigenvalue weighted by atomic mass is 19.1. The van der Waals surface area contributed by atoms with E-state index in [1.54, 1.807) is 0 Å². The van der Waals surface area contributed by atoms with Crippen LogP contribution in [-0.2, 0) is 4.74 Å². The zero-order valence-corrected chi connectivity index (χ0v) is 6.85. The topological polar surface area (TPSA) is 9.23 Å². The lowest BCUT2D eigenvalue weighted by Gasteiger charge is -1.98. The van der Waals surface area contributed by atoms with Crippen molar-refractivity contribution in [3.05, 3.63) is 41.4 Å². The van der Waals surface area contributed by atoms with Crippen molar-refractivity contribution in [1.82, 2.24) is 0 Å². The molecule has 0 N–H and O–H groups in total.